The first-order valence-corrected chi connectivity index (χ1v) is 11.2. The lowest BCUT2D eigenvalue weighted by molar-refractivity contribution is 0.0841. The van der Waals surface area contributed by atoms with E-state index in [0.29, 0.717) is 22.8 Å². The number of ether oxygens (including phenoxy) is 4. The van der Waals surface area contributed by atoms with Crippen LogP contribution in [-0.2, 0) is 4.74 Å². The fourth-order valence-corrected chi connectivity index (χ4v) is 3.01. The topological polar surface area (TPSA) is 54.0 Å². The average molecular weight is 441 g/mol. The van der Waals surface area contributed by atoms with E-state index in [1.807, 2.05) is 85.7 Å². The molecule has 0 N–H and O–H groups in total. The lowest BCUT2D eigenvalue weighted by atomic mass is 10.0. The molecule has 2 rings (SSSR count). The minimum atomic E-state index is -0.275. The molecule has 0 radical (unpaired) electrons. The molecule has 0 saturated carbocycles. The predicted octanol–water partition coefficient (Wildman–Crippen LogP) is 6.70. The average Bonchev–Trinajstić information content (AvgIpc) is 2.69. The Morgan fingerprint density at radius 3 is 1.78 bits per heavy atom. The first-order chi connectivity index (χ1) is 15.1. The van der Waals surface area contributed by atoms with Gasteiger partial charge in [-0.15, -0.1) is 0 Å². The number of hydrogen-bond acceptors (Lipinski definition) is 5. The van der Waals surface area contributed by atoms with Gasteiger partial charge in [0.25, 0.3) is 0 Å². The highest BCUT2D eigenvalue weighted by molar-refractivity contribution is 6.12. The van der Waals surface area contributed by atoms with Crippen molar-refractivity contribution in [2.75, 3.05) is 0 Å². The minimum Gasteiger partial charge on any atom is -0.487 e. The molecule has 174 valence electrons. The summed E-state index contributed by atoms with van der Waals surface area (Å²) in [6.07, 6.45) is 1.23. The van der Waals surface area contributed by atoms with E-state index in [0.717, 1.165) is 5.56 Å². The molecule has 2 aromatic carbocycles. The summed E-state index contributed by atoms with van der Waals surface area (Å²) in [5.41, 5.74) is 1.24. The molecular formula is C27H36O5. The summed E-state index contributed by atoms with van der Waals surface area (Å²) in [6.45, 7) is 15.3. The highest BCUT2D eigenvalue weighted by Gasteiger charge is 2.27. The number of carbonyl (C=O) groups excluding carboxylic acids is 1. The second kappa shape index (κ2) is 11.6. The zero-order chi connectivity index (χ0) is 23.8. The van der Waals surface area contributed by atoms with Crippen molar-refractivity contribution < 1.29 is 23.7 Å². The lowest BCUT2D eigenvalue weighted by Gasteiger charge is -2.23. The predicted molar refractivity (Wildman–Crippen MR) is 129 cm³/mol. The molecule has 0 aromatic heterocycles. The standard InChI is InChI=1S/C27H36O5/c1-17(2)29-23-15-14-22(26(31-19(5)6)27(23)32-20(7)8)25(28)24(30-18(3)4)16-21-12-10-9-11-13-21/h9-20H,1-8H3. The Morgan fingerprint density at radius 1 is 0.688 bits per heavy atom. The van der Waals surface area contributed by atoms with E-state index in [-0.39, 0.29) is 36.0 Å². The van der Waals surface area contributed by atoms with Crippen LogP contribution in [0.2, 0.25) is 0 Å². The number of Topliss-reactive ketones (excluding diaryl/α,β-unsaturated/α-hetero) is 1. The highest BCUT2D eigenvalue weighted by Crippen LogP contribution is 2.43. The molecule has 0 atom stereocenters. The van der Waals surface area contributed by atoms with Gasteiger partial charge in [0.2, 0.25) is 11.5 Å². The van der Waals surface area contributed by atoms with Crippen LogP contribution < -0.4 is 14.2 Å². The molecule has 5 nitrogen and oxygen atoms in total. The summed E-state index contributed by atoms with van der Waals surface area (Å²) in [5, 5.41) is 0. The Morgan fingerprint density at radius 2 is 1.25 bits per heavy atom. The monoisotopic (exact) mass is 440 g/mol. The Kier molecular flexibility index (Phi) is 9.18. The van der Waals surface area contributed by atoms with Gasteiger partial charge in [0.05, 0.1) is 30.0 Å². The van der Waals surface area contributed by atoms with Crippen LogP contribution in [0.5, 0.6) is 17.2 Å². The normalized spacial score (nSPS) is 11.9. The van der Waals surface area contributed by atoms with Crippen molar-refractivity contribution in [3.05, 3.63) is 59.4 Å². The van der Waals surface area contributed by atoms with E-state index in [1.165, 1.54) is 0 Å². The van der Waals surface area contributed by atoms with Gasteiger partial charge in [-0.2, -0.15) is 0 Å². The first-order valence-electron chi connectivity index (χ1n) is 11.2. The van der Waals surface area contributed by atoms with Crippen molar-refractivity contribution in [2.24, 2.45) is 0 Å². The largest absolute Gasteiger partial charge is 0.487 e. The second-order valence-corrected chi connectivity index (χ2v) is 8.68. The molecule has 0 amide bonds. The van der Waals surface area contributed by atoms with Gasteiger partial charge in [0.15, 0.2) is 17.3 Å². The smallest absolute Gasteiger partial charge is 0.231 e. The van der Waals surface area contributed by atoms with E-state index >= 15 is 0 Å². The Hall–Kier alpha value is -2.95. The zero-order valence-corrected chi connectivity index (χ0v) is 20.5. The van der Waals surface area contributed by atoms with Crippen LogP contribution in [0.3, 0.4) is 0 Å². The number of allylic oxidation sites excluding steroid dienone is 1. The summed E-state index contributed by atoms with van der Waals surface area (Å²) in [4.78, 5) is 13.7. The Bertz CT molecular complexity index is 911. The van der Waals surface area contributed by atoms with E-state index in [1.54, 1.807) is 18.2 Å². The molecule has 2 aromatic rings. The third-order valence-corrected chi connectivity index (χ3v) is 4.07. The number of hydrogen-bond donors (Lipinski definition) is 0. The summed E-state index contributed by atoms with van der Waals surface area (Å²) in [5.74, 6) is 1.30. The van der Waals surface area contributed by atoms with Crippen LogP contribution in [0.4, 0.5) is 0 Å². The van der Waals surface area contributed by atoms with Crippen LogP contribution in [0.1, 0.15) is 71.3 Å². The maximum Gasteiger partial charge on any atom is 0.231 e. The van der Waals surface area contributed by atoms with E-state index in [2.05, 4.69) is 0 Å². The fourth-order valence-electron chi connectivity index (χ4n) is 3.01. The quantitative estimate of drug-likeness (QED) is 0.221. The van der Waals surface area contributed by atoms with Crippen LogP contribution >= 0.6 is 0 Å². The minimum absolute atomic E-state index is 0.0595. The number of ketones is 1. The van der Waals surface area contributed by atoms with Crippen molar-refractivity contribution in [3.63, 3.8) is 0 Å². The molecule has 0 aliphatic heterocycles. The summed E-state index contributed by atoms with van der Waals surface area (Å²) in [6, 6.07) is 13.1. The SMILES string of the molecule is CC(C)OC(=Cc1ccccc1)C(=O)c1ccc(OC(C)C)c(OC(C)C)c1OC(C)C. The van der Waals surface area contributed by atoms with Gasteiger partial charge in [-0.1, -0.05) is 30.3 Å². The van der Waals surface area contributed by atoms with Gasteiger partial charge in [0.1, 0.15) is 0 Å². The van der Waals surface area contributed by atoms with Gasteiger partial charge in [0, 0.05) is 0 Å². The highest BCUT2D eigenvalue weighted by atomic mass is 16.6. The van der Waals surface area contributed by atoms with E-state index < -0.39 is 0 Å². The molecule has 0 aliphatic rings. The van der Waals surface area contributed by atoms with Crippen molar-refractivity contribution in [1.82, 2.24) is 0 Å². The van der Waals surface area contributed by atoms with Gasteiger partial charge in [-0.25, -0.2) is 0 Å². The second-order valence-electron chi connectivity index (χ2n) is 8.68. The maximum absolute atomic E-state index is 13.7. The summed E-state index contributed by atoms with van der Waals surface area (Å²) >= 11 is 0. The zero-order valence-electron chi connectivity index (χ0n) is 20.5. The molecule has 0 bridgehead atoms. The van der Waals surface area contributed by atoms with Crippen molar-refractivity contribution >= 4 is 11.9 Å². The Labute approximate surface area is 192 Å². The molecule has 5 heteroatoms. The third kappa shape index (κ3) is 7.33. The number of benzene rings is 2. The third-order valence-electron chi connectivity index (χ3n) is 4.07. The van der Waals surface area contributed by atoms with Crippen LogP contribution in [-0.4, -0.2) is 30.2 Å². The van der Waals surface area contributed by atoms with Crippen LogP contribution in [0.25, 0.3) is 6.08 Å². The van der Waals surface area contributed by atoms with Gasteiger partial charge >= 0.3 is 0 Å². The molecule has 0 unspecified atom stereocenters. The molecule has 0 saturated heterocycles. The Balaban J connectivity index is 2.66. The molecular weight excluding hydrogens is 404 g/mol. The van der Waals surface area contributed by atoms with E-state index in [4.69, 9.17) is 18.9 Å². The number of carbonyl (C=O) groups is 1. The van der Waals surface area contributed by atoms with Gasteiger partial charge in [-0.3, -0.25) is 4.79 Å². The fraction of sp³-hybridized carbons (Fsp3) is 0.444. The van der Waals surface area contributed by atoms with Gasteiger partial charge < -0.3 is 18.9 Å². The van der Waals surface area contributed by atoms with Gasteiger partial charge in [-0.05, 0) is 79.2 Å². The van der Waals surface area contributed by atoms with E-state index in [9.17, 15) is 4.79 Å². The molecule has 0 heterocycles. The van der Waals surface area contributed by atoms with Crippen LogP contribution in [0, 0.1) is 0 Å². The van der Waals surface area contributed by atoms with Crippen molar-refractivity contribution in [1.29, 1.82) is 0 Å². The molecule has 0 fully saturated rings. The van der Waals surface area contributed by atoms with Crippen molar-refractivity contribution in [2.45, 2.75) is 79.8 Å². The maximum atomic E-state index is 13.7. The van der Waals surface area contributed by atoms with Crippen molar-refractivity contribution in [3.8, 4) is 17.2 Å². The molecule has 0 aliphatic carbocycles. The van der Waals surface area contributed by atoms with Crippen LogP contribution in [0.15, 0.2) is 48.2 Å². The lowest BCUT2D eigenvalue weighted by Crippen LogP contribution is -2.18. The molecule has 0 spiro atoms. The molecule has 32 heavy (non-hydrogen) atoms. The number of rotatable bonds is 11. The first kappa shape index (κ1) is 25.3. The summed E-state index contributed by atoms with van der Waals surface area (Å²) in [7, 11) is 0. The summed E-state index contributed by atoms with van der Waals surface area (Å²) < 4.78 is 24.1.